The summed E-state index contributed by atoms with van der Waals surface area (Å²) in [5.41, 5.74) is 5.45. The first-order chi connectivity index (χ1) is 5.27. The molecule has 0 aromatic carbocycles. The maximum Gasteiger partial charge on any atom is 0.117 e. The van der Waals surface area contributed by atoms with Gasteiger partial charge in [0.2, 0.25) is 0 Å². The Morgan fingerprint density at radius 1 is 1.27 bits per heavy atom. The highest BCUT2D eigenvalue weighted by Gasteiger charge is 2.23. The smallest absolute Gasteiger partial charge is 0.117 e. The van der Waals surface area contributed by atoms with Gasteiger partial charge in [0.25, 0.3) is 0 Å². The number of nitroso groups, excluding NO2 is 2. The lowest BCUT2D eigenvalue weighted by molar-refractivity contribution is 0.0795. The molecule has 1 heterocycles. The van der Waals surface area contributed by atoms with Crippen LogP contribution in [0.25, 0.3) is 0 Å². The van der Waals surface area contributed by atoms with Gasteiger partial charge in [-0.05, 0) is 0 Å². The van der Waals surface area contributed by atoms with E-state index in [2.05, 4.69) is 10.6 Å². The first kappa shape index (κ1) is 7.86. The molecule has 7 heteroatoms. The van der Waals surface area contributed by atoms with Gasteiger partial charge in [0.05, 0.1) is 30.2 Å². The largest absolute Gasteiger partial charge is 0.308 e. The van der Waals surface area contributed by atoms with E-state index in [1.54, 1.807) is 0 Å². The fraction of sp³-hybridized carbons (Fsp3) is 1.00. The predicted molar refractivity (Wildman–Crippen MR) is 37.8 cm³/mol. The Morgan fingerprint density at radius 2 is 2.00 bits per heavy atom. The highest BCUT2D eigenvalue weighted by Crippen LogP contribution is 2.05. The molecular weight excluding hydrogens is 150 g/mol. The minimum atomic E-state index is -0.515. The number of hydrogen-bond donors (Lipinski definition) is 1. The van der Waals surface area contributed by atoms with Crippen LogP contribution < -0.4 is 5.73 Å². The van der Waals surface area contributed by atoms with Crippen LogP contribution in [-0.4, -0.2) is 35.8 Å². The van der Waals surface area contributed by atoms with Crippen molar-refractivity contribution in [2.24, 2.45) is 16.3 Å². The maximum atomic E-state index is 10.0. The number of hydrogen-bond acceptors (Lipinski definition) is 5. The van der Waals surface area contributed by atoms with Crippen LogP contribution in [0.1, 0.15) is 0 Å². The maximum absolute atomic E-state index is 10.0. The minimum Gasteiger partial charge on any atom is -0.308 e. The Labute approximate surface area is 63.0 Å². The molecule has 0 aromatic rings. The van der Waals surface area contributed by atoms with Gasteiger partial charge in [-0.25, -0.2) is 5.01 Å². The molecule has 0 bridgehead atoms. The lowest BCUT2D eigenvalue weighted by Gasteiger charge is -2.32. The SMILES string of the molecule is NC1CN(N=O)CCN1N=O. The summed E-state index contributed by atoms with van der Waals surface area (Å²) in [6.45, 7) is 1.02. The summed E-state index contributed by atoms with van der Waals surface area (Å²) in [6, 6.07) is 0. The van der Waals surface area contributed by atoms with Crippen LogP contribution in [0.2, 0.25) is 0 Å². The lowest BCUT2D eigenvalue weighted by atomic mass is 10.3. The van der Waals surface area contributed by atoms with E-state index in [9.17, 15) is 9.81 Å². The highest BCUT2D eigenvalue weighted by molar-refractivity contribution is 4.72. The van der Waals surface area contributed by atoms with Gasteiger partial charge >= 0.3 is 0 Å². The van der Waals surface area contributed by atoms with Crippen LogP contribution in [0.4, 0.5) is 0 Å². The van der Waals surface area contributed by atoms with Crippen molar-refractivity contribution in [1.29, 1.82) is 0 Å². The molecular formula is C4H9N5O2. The number of nitrogens with zero attached hydrogens (tertiary/aromatic N) is 4. The summed E-state index contributed by atoms with van der Waals surface area (Å²) < 4.78 is 0. The second kappa shape index (κ2) is 3.24. The molecule has 1 unspecified atom stereocenters. The Morgan fingerprint density at radius 3 is 2.45 bits per heavy atom. The molecule has 11 heavy (non-hydrogen) atoms. The first-order valence-electron chi connectivity index (χ1n) is 3.21. The van der Waals surface area contributed by atoms with E-state index in [-0.39, 0.29) is 6.54 Å². The van der Waals surface area contributed by atoms with Gasteiger partial charge in [-0.2, -0.15) is 0 Å². The van der Waals surface area contributed by atoms with Gasteiger partial charge < -0.3 is 5.73 Å². The van der Waals surface area contributed by atoms with Crippen LogP contribution in [0.3, 0.4) is 0 Å². The third-order valence-electron chi connectivity index (χ3n) is 1.59. The third-order valence-corrected chi connectivity index (χ3v) is 1.59. The van der Waals surface area contributed by atoms with Crippen molar-refractivity contribution in [2.75, 3.05) is 19.6 Å². The highest BCUT2D eigenvalue weighted by atomic mass is 16.3. The summed E-state index contributed by atoms with van der Waals surface area (Å²) in [5.74, 6) is 0. The van der Waals surface area contributed by atoms with Crippen molar-refractivity contribution in [1.82, 2.24) is 10.0 Å². The summed E-state index contributed by atoms with van der Waals surface area (Å²) in [4.78, 5) is 20.0. The predicted octanol–water partition coefficient (Wildman–Crippen LogP) is -0.748. The van der Waals surface area contributed by atoms with Gasteiger partial charge in [0.15, 0.2) is 0 Å². The second-order valence-corrected chi connectivity index (χ2v) is 2.31. The van der Waals surface area contributed by atoms with E-state index in [1.165, 1.54) is 10.0 Å². The second-order valence-electron chi connectivity index (χ2n) is 2.31. The molecule has 62 valence electrons. The quantitative estimate of drug-likeness (QED) is 0.535. The lowest BCUT2D eigenvalue weighted by Crippen LogP contribution is -2.53. The molecule has 0 amide bonds. The molecule has 0 radical (unpaired) electrons. The van der Waals surface area contributed by atoms with Crippen LogP contribution in [0.5, 0.6) is 0 Å². The molecule has 1 saturated heterocycles. The molecule has 0 aliphatic carbocycles. The fourth-order valence-corrected chi connectivity index (χ4v) is 0.961. The van der Waals surface area contributed by atoms with Crippen molar-refractivity contribution in [2.45, 2.75) is 6.17 Å². The van der Waals surface area contributed by atoms with Gasteiger partial charge in [0.1, 0.15) is 6.17 Å². The van der Waals surface area contributed by atoms with Crippen molar-refractivity contribution in [3.63, 3.8) is 0 Å². The Kier molecular flexibility index (Phi) is 2.32. The van der Waals surface area contributed by atoms with E-state index in [4.69, 9.17) is 5.73 Å². The Balaban J connectivity index is 2.46. The zero-order valence-corrected chi connectivity index (χ0v) is 5.88. The summed E-state index contributed by atoms with van der Waals surface area (Å²) in [6.07, 6.45) is -0.515. The molecule has 0 saturated carbocycles. The van der Waals surface area contributed by atoms with Crippen molar-refractivity contribution >= 4 is 0 Å². The number of rotatable bonds is 2. The van der Waals surface area contributed by atoms with Gasteiger partial charge in [-0.1, -0.05) is 0 Å². The van der Waals surface area contributed by atoms with E-state index in [1.807, 2.05) is 0 Å². The molecule has 1 atom stereocenters. The molecule has 2 N–H and O–H groups in total. The van der Waals surface area contributed by atoms with Gasteiger partial charge in [0, 0.05) is 0 Å². The van der Waals surface area contributed by atoms with E-state index in [0.717, 1.165) is 0 Å². The average molecular weight is 159 g/mol. The molecule has 1 aliphatic heterocycles. The van der Waals surface area contributed by atoms with Crippen molar-refractivity contribution in [3.8, 4) is 0 Å². The minimum absolute atomic E-state index is 0.259. The fourth-order valence-electron chi connectivity index (χ4n) is 0.961. The topological polar surface area (TPSA) is 91.4 Å². The van der Waals surface area contributed by atoms with Crippen molar-refractivity contribution < 1.29 is 0 Å². The zero-order valence-electron chi connectivity index (χ0n) is 5.88. The molecule has 1 aliphatic rings. The molecule has 1 rings (SSSR count). The van der Waals surface area contributed by atoms with Crippen LogP contribution in [0, 0.1) is 9.81 Å². The standard InChI is InChI=1S/C4H9N5O2/c5-4-3-8(6-10)1-2-9(4)7-11/h4H,1-3,5H2. The Bertz CT molecular complexity index is 163. The van der Waals surface area contributed by atoms with Gasteiger partial charge in [-0.3, -0.25) is 5.01 Å². The third kappa shape index (κ3) is 1.61. The molecule has 0 aromatic heterocycles. The summed E-state index contributed by atoms with van der Waals surface area (Å²) >= 11 is 0. The van der Waals surface area contributed by atoms with Crippen LogP contribution in [0.15, 0.2) is 10.6 Å². The van der Waals surface area contributed by atoms with E-state index in [0.29, 0.717) is 13.1 Å². The zero-order chi connectivity index (χ0) is 8.27. The van der Waals surface area contributed by atoms with E-state index >= 15 is 0 Å². The summed E-state index contributed by atoms with van der Waals surface area (Å²) in [5, 5.41) is 7.85. The van der Waals surface area contributed by atoms with Gasteiger partial charge in [-0.15, -0.1) is 9.81 Å². The normalized spacial score (nSPS) is 25.0. The summed E-state index contributed by atoms with van der Waals surface area (Å²) in [7, 11) is 0. The molecule has 0 spiro atoms. The van der Waals surface area contributed by atoms with E-state index < -0.39 is 6.17 Å². The number of piperazine rings is 1. The monoisotopic (exact) mass is 159 g/mol. The first-order valence-corrected chi connectivity index (χ1v) is 3.21. The average Bonchev–Trinajstić information content (AvgIpc) is 2.04. The van der Waals surface area contributed by atoms with Crippen LogP contribution >= 0.6 is 0 Å². The number of nitrogens with two attached hydrogens (primary N) is 1. The van der Waals surface area contributed by atoms with Crippen molar-refractivity contribution in [3.05, 3.63) is 9.81 Å². The molecule has 7 nitrogen and oxygen atoms in total. The Hall–Kier alpha value is -1.24. The molecule has 1 fully saturated rings. The van der Waals surface area contributed by atoms with Crippen LogP contribution in [-0.2, 0) is 0 Å².